The van der Waals surface area contributed by atoms with Gasteiger partial charge in [0.2, 0.25) is 0 Å². The van der Waals surface area contributed by atoms with Gasteiger partial charge >= 0.3 is 12.1 Å². The summed E-state index contributed by atoms with van der Waals surface area (Å²) in [6, 6.07) is 0. The normalized spacial score (nSPS) is 36.0. The van der Waals surface area contributed by atoms with Crippen LogP contribution < -0.4 is 0 Å². The average molecular weight is 324 g/mol. The number of hydrogen-bond acceptors (Lipinski definition) is 4. The summed E-state index contributed by atoms with van der Waals surface area (Å²) in [4.78, 5) is 12.3. The van der Waals surface area contributed by atoms with Crippen molar-refractivity contribution in [3.05, 3.63) is 0 Å². The summed E-state index contributed by atoms with van der Waals surface area (Å²) in [7, 11) is 0. The number of fused-ring (bicyclic) bond motifs is 1. The Balaban J connectivity index is 2.27. The van der Waals surface area contributed by atoms with Gasteiger partial charge in [0.05, 0.1) is 11.8 Å². The third-order valence-electron chi connectivity index (χ3n) is 4.95. The Hall–Kier alpha value is -0.820. The summed E-state index contributed by atoms with van der Waals surface area (Å²) >= 11 is 0. The van der Waals surface area contributed by atoms with E-state index in [4.69, 9.17) is 9.47 Å². The molecule has 0 aromatic carbocycles. The van der Waals surface area contributed by atoms with Crippen LogP contribution in [-0.2, 0) is 14.3 Å². The Labute approximate surface area is 128 Å². The van der Waals surface area contributed by atoms with Gasteiger partial charge in [-0.1, -0.05) is 13.3 Å². The highest BCUT2D eigenvalue weighted by atomic mass is 19.4. The molecule has 7 heteroatoms. The molecule has 2 fully saturated rings. The number of halogens is 3. The van der Waals surface area contributed by atoms with E-state index in [1.54, 1.807) is 13.8 Å². The third-order valence-corrected chi connectivity index (χ3v) is 4.95. The van der Waals surface area contributed by atoms with Crippen molar-refractivity contribution in [1.29, 1.82) is 0 Å². The predicted octanol–water partition coefficient (Wildman–Crippen LogP) is 3.32. The van der Waals surface area contributed by atoms with Gasteiger partial charge in [0.15, 0.2) is 0 Å². The molecule has 0 aromatic heterocycles. The second kappa shape index (κ2) is 5.37. The van der Waals surface area contributed by atoms with Crippen molar-refractivity contribution in [3.8, 4) is 0 Å². The topological polar surface area (TPSA) is 55.8 Å². The minimum atomic E-state index is -4.91. The van der Waals surface area contributed by atoms with Crippen LogP contribution in [0.1, 0.15) is 59.3 Å². The van der Waals surface area contributed by atoms with Crippen molar-refractivity contribution in [1.82, 2.24) is 0 Å². The highest BCUT2D eigenvalue weighted by molar-refractivity contribution is 5.76. The molecular formula is C15H23F3O4. The average Bonchev–Trinajstić information content (AvgIpc) is 2.71. The Morgan fingerprint density at radius 3 is 2.55 bits per heavy atom. The number of hydrogen-bond donors (Lipinski definition) is 1. The van der Waals surface area contributed by atoms with Crippen LogP contribution in [0, 0.1) is 5.41 Å². The van der Waals surface area contributed by atoms with Crippen molar-refractivity contribution in [2.45, 2.75) is 83.0 Å². The fraction of sp³-hybridized carbons (Fsp3) is 0.933. The first-order chi connectivity index (χ1) is 9.96. The molecule has 128 valence electrons. The Kier molecular flexibility index (Phi) is 4.28. The molecule has 2 aliphatic rings. The van der Waals surface area contributed by atoms with Gasteiger partial charge in [0.1, 0.15) is 11.7 Å². The largest absolute Gasteiger partial charge is 0.456 e. The molecule has 0 spiro atoms. The zero-order valence-corrected chi connectivity index (χ0v) is 13.1. The van der Waals surface area contributed by atoms with Crippen LogP contribution in [0.4, 0.5) is 13.2 Å². The van der Waals surface area contributed by atoms with Crippen LogP contribution in [0.5, 0.6) is 0 Å². The zero-order valence-electron chi connectivity index (χ0n) is 13.1. The van der Waals surface area contributed by atoms with Crippen LogP contribution in [0.25, 0.3) is 0 Å². The van der Waals surface area contributed by atoms with Gasteiger partial charge in [-0.25, -0.2) is 0 Å². The molecule has 1 aliphatic carbocycles. The van der Waals surface area contributed by atoms with E-state index < -0.39 is 41.5 Å². The summed E-state index contributed by atoms with van der Waals surface area (Å²) in [6.07, 6.45) is -4.10. The highest BCUT2D eigenvalue weighted by Gasteiger charge is 2.69. The van der Waals surface area contributed by atoms with E-state index >= 15 is 0 Å². The number of aliphatic hydroxyl groups is 1. The van der Waals surface area contributed by atoms with Crippen LogP contribution in [0.3, 0.4) is 0 Å². The van der Waals surface area contributed by atoms with Crippen molar-refractivity contribution in [2.24, 2.45) is 5.41 Å². The van der Waals surface area contributed by atoms with Gasteiger partial charge in [-0.2, -0.15) is 13.2 Å². The second-order valence-electron chi connectivity index (χ2n) is 7.00. The van der Waals surface area contributed by atoms with Crippen molar-refractivity contribution in [3.63, 3.8) is 0 Å². The number of ether oxygens (including phenoxy) is 2. The van der Waals surface area contributed by atoms with Gasteiger partial charge in [-0.05, 0) is 39.5 Å². The van der Waals surface area contributed by atoms with Crippen molar-refractivity contribution < 1.29 is 32.5 Å². The molecule has 4 nitrogen and oxygen atoms in total. The molecule has 1 saturated heterocycles. The molecule has 1 heterocycles. The van der Waals surface area contributed by atoms with Crippen molar-refractivity contribution >= 4 is 5.97 Å². The van der Waals surface area contributed by atoms with Gasteiger partial charge in [0, 0.05) is 0 Å². The van der Waals surface area contributed by atoms with Crippen LogP contribution in [0.2, 0.25) is 0 Å². The third kappa shape index (κ3) is 2.85. The number of carbonyl (C=O) groups is 1. The smallest absolute Gasteiger partial charge is 0.443 e. The molecule has 3 atom stereocenters. The number of alkyl halides is 3. The fourth-order valence-electron chi connectivity index (χ4n) is 3.02. The maximum absolute atomic E-state index is 13.1. The molecule has 0 aromatic rings. The highest BCUT2D eigenvalue weighted by Crippen LogP contribution is 2.53. The zero-order chi connectivity index (χ0) is 16.8. The predicted molar refractivity (Wildman–Crippen MR) is 71.9 cm³/mol. The molecule has 0 amide bonds. The van der Waals surface area contributed by atoms with E-state index in [0.717, 1.165) is 0 Å². The van der Waals surface area contributed by atoms with E-state index in [2.05, 4.69) is 0 Å². The molecule has 3 unspecified atom stereocenters. The molecule has 1 saturated carbocycles. The van der Waals surface area contributed by atoms with E-state index in [0.29, 0.717) is 25.7 Å². The summed E-state index contributed by atoms with van der Waals surface area (Å²) < 4.78 is 49.7. The Morgan fingerprint density at radius 1 is 1.36 bits per heavy atom. The first-order valence-electron chi connectivity index (χ1n) is 7.66. The quantitative estimate of drug-likeness (QED) is 0.809. The van der Waals surface area contributed by atoms with E-state index in [1.165, 1.54) is 0 Å². The lowest BCUT2D eigenvalue weighted by atomic mass is 9.79. The summed E-state index contributed by atoms with van der Waals surface area (Å²) in [5, 5.41) is 9.86. The van der Waals surface area contributed by atoms with Crippen LogP contribution in [0.15, 0.2) is 0 Å². The van der Waals surface area contributed by atoms with Crippen LogP contribution in [-0.4, -0.2) is 34.7 Å². The maximum Gasteiger partial charge on any atom is 0.443 e. The molecule has 1 N–H and O–H groups in total. The first-order valence-corrected chi connectivity index (χ1v) is 7.66. The molecule has 22 heavy (non-hydrogen) atoms. The monoisotopic (exact) mass is 324 g/mol. The summed E-state index contributed by atoms with van der Waals surface area (Å²) in [5.74, 6) is -3.78. The molecule has 0 bridgehead atoms. The standard InChI is InChI=1S/C15H23F3O4/c1-4-12(2,3)11(19)22-13-8-6-5-7-10(13)21-14(20,9-13)15(16,17)18/h10,20H,4-9H2,1-3H3. The molecule has 2 rings (SSSR count). The Morgan fingerprint density at radius 2 is 2.00 bits per heavy atom. The summed E-state index contributed by atoms with van der Waals surface area (Å²) in [6.45, 7) is 5.19. The van der Waals surface area contributed by atoms with Gasteiger partial charge in [0.25, 0.3) is 5.79 Å². The molecule has 1 aliphatic heterocycles. The van der Waals surface area contributed by atoms with E-state index in [9.17, 15) is 23.1 Å². The van der Waals surface area contributed by atoms with Gasteiger partial charge in [-0.15, -0.1) is 0 Å². The lowest BCUT2D eigenvalue weighted by molar-refractivity contribution is -0.357. The van der Waals surface area contributed by atoms with E-state index in [1.807, 2.05) is 6.92 Å². The lowest BCUT2D eigenvalue weighted by Crippen LogP contribution is -2.49. The van der Waals surface area contributed by atoms with Crippen LogP contribution >= 0.6 is 0 Å². The minimum absolute atomic E-state index is 0.279. The molecular weight excluding hydrogens is 301 g/mol. The number of carbonyl (C=O) groups excluding carboxylic acids is 1. The first kappa shape index (κ1) is 17.5. The maximum atomic E-state index is 13.1. The minimum Gasteiger partial charge on any atom is -0.456 e. The molecule has 0 radical (unpaired) electrons. The SMILES string of the molecule is CCC(C)(C)C(=O)OC12CCCCC1OC(O)(C(F)(F)F)C2. The van der Waals surface area contributed by atoms with Crippen molar-refractivity contribution in [2.75, 3.05) is 0 Å². The van der Waals surface area contributed by atoms with Gasteiger partial charge < -0.3 is 14.6 Å². The number of esters is 1. The Bertz CT molecular complexity index is 449. The fourth-order valence-corrected chi connectivity index (χ4v) is 3.02. The lowest BCUT2D eigenvalue weighted by Gasteiger charge is -2.39. The second-order valence-corrected chi connectivity index (χ2v) is 7.00. The van der Waals surface area contributed by atoms with Gasteiger partial charge in [-0.3, -0.25) is 4.79 Å². The summed E-state index contributed by atoms with van der Waals surface area (Å²) in [5.41, 5.74) is -2.16. The number of rotatable bonds is 3. The van der Waals surface area contributed by atoms with E-state index in [-0.39, 0.29) is 6.42 Å².